The van der Waals surface area contributed by atoms with Gasteiger partial charge in [-0.1, -0.05) is 0 Å². The summed E-state index contributed by atoms with van der Waals surface area (Å²) in [4.78, 5) is 15.0. The Bertz CT molecular complexity index is 711. The maximum Gasteiger partial charge on any atom is 0.228 e. The topological polar surface area (TPSA) is 84.3 Å². The second-order valence-electron chi connectivity index (χ2n) is 7.24. The van der Waals surface area contributed by atoms with Crippen LogP contribution in [0.1, 0.15) is 31.2 Å². The summed E-state index contributed by atoms with van der Waals surface area (Å²) in [7, 11) is -1.25. The first-order valence-electron chi connectivity index (χ1n) is 8.45. The van der Waals surface area contributed by atoms with Gasteiger partial charge in [-0.25, -0.2) is 8.42 Å². The number of rotatable bonds is 6. The van der Waals surface area contributed by atoms with Crippen LogP contribution in [0.4, 0.5) is 0 Å². The molecule has 1 unspecified atom stereocenters. The molecule has 1 saturated heterocycles. The molecule has 8 heteroatoms. The first-order chi connectivity index (χ1) is 11.3. The van der Waals surface area contributed by atoms with Gasteiger partial charge in [0.15, 0.2) is 0 Å². The van der Waals surface area contributed by atoms with Crippen LogP contribution < -0.4 is 5.32 Å². The third kappa shape index (κ3) is 3.80. The van der Waals surface area contributed by atoms with E-state index < -0.39 is 9.84 Å². The van der Waals surface area contributed by atoms with Crippen molar-refractivity contribution in [1.82, 2.24) is 20.0 Å². The molecule has 7 nitrogen and oxygen atoms in total. The van der Waals surface area contributed by atoms with E-state index in [9.17, 15) is 13.2 Å². The number of nitrogens with zero attached hydrogens (tertiary/aromatic N) is 3. The van der Waals surface area contributed by atoms with Gasteiger partial charge in [0.25, 0.3) is 0 Å². The summed E-state index contributed by atoms with van der Waals surface area (Å²) in [5, 5.41) is 7.53. The van der Waals surface area contributed by atoms with Crippen molar-refractivity contribution in [2.45, 2.75) is 37.8 Å². The van der Waals surface area contributed by atoms with Gasteiger partial charge in [-0.15, -0.1) is 0 Å². The van der Waals surface area contributed by atoms with Crippen LogP contribution in [0.15, 0.2) is 12.4 Å². The number of hydrogen-bond donors (Lipinski definition) is 1. The first-order valence-corrected chi connectivity index (χ1v) is 10.5. The van der Waals surface area contributed by atoms with Gasteiger partial charge in [-0.05, 0) is 25.3 Å². The van der Waals surface area contributed by atoms with E-state index in [1.165, 1.54) is 6.26 Å². The molecule has 2 heterocycles. The van der Waals surface area contributed by atoms with Crippen molar-refractivity contribution >= 4 is 15.7 Å². The summed E-state index contributed by atoms with van der Waals surface area (Å²) in [5.74, 6) is 0.0367. The molecule has 1 N–H and O–H groups in total. The molecule has 1 aromatic rings. The molecule has 1 aromatic heterocycles. The van der Waals surface area contributed by atoms with Crippen molar-refractivity contribution in [3.63, 3.8) is 0 Å². The van der Waals surface area contributed by atoms with Crippen LogP contribution in [0.2, 0.25) is 0 Å². The van der Waals surface area contributed by atoms with E-state index in [0.717, 1.165) is 24.9 Å². The lowest BCUT2D eigenvalue weighted by Crippen LogP contribution is -2.47. The molecule has 1 aliphatic heterocycles. The van der Waals surface area contributed by atoms with Crippen molar-refractivity contribution in [3.8, 4) is 0 Å². The summed E-state index contributed by atoms with van der Waals surface area (Å²) < 4.78 is 25.1. The summed E-state index contributed by atoms with van der Waals surface area (Å²) in [6, 6.07) is -0.0838. The Morgan fingerprint density at radius 2 is 2.17 bits per heavy atom. The fourth-order valence-corrected chi connectivity index (χ4v) is 4.78. The fourth-order valence-electron chi connectivity index (χ4n) is 3.74. The number of carbonyl (C=O) groups is 1. The average molecular weight is 354 g/mol. The normalized spacial score (nSPS) is 25.6. The summed E-state index contributed by atoms with van der Waals surface area (Å²) in [6.45, 7) is 3.23. The highest BCUT2D eigenvalue weighted by Crippen LogP contribution is 2.35. The Labute approximate surface area is 143 Å². The number of hydrogen-bond acceptors (Lipinski definition) is 5. The van der Waals surface area contributed by atoms with Gasteiger partial charge < -0.3 is 10.2 Å². The second-order valence-corrected chi connectivity index (χ2v) is 9.42. The van der Waals surface area contributed by atoms with E-state index in [1.54, 1.807) is 4.68 Å². The zero-order valence-electron chi connectivity index (χ0n) is 14.5. The first kappa shape index (κ1) is 17.4. The molecule has 0 aromatic carbocycles. The SMILES string of the molecule is CC(CS(C)(=O)=O)N(C(=O)[C@H]1CNC[C@@H]1c1cnn(C)c1)C1CC1. The van der Waals surface area contributed by atoms with Crippen molar-refractivity contribution < 1.29 is 13.2 Å². The zero-order valence-corrected chi connectivity index (χ0v) is 15.3. The minimum atomic E-state index is -3.12. The lowest BCUT2D eigenvalue weighted by molar-refractivity contribution is -0.137. The molecule has 2 fully saturated rings. The van der Waals surface area contributed by atoms with Gasteiger partial charge in [0, 0.05) is 50.6 Å². The van der Waals surface area contributed by atoms with Crippen molar-refractivity contribution in [2.75, 3.05) is 25.1 Å². The van der Waals surface area contributed by atoms with Gasteiger partial charge in [0.05, 0.1) is 17.9 Å². The standard InChI is InChI=1S/C16H26N4O3S/c1-11(10-24(3,22)23)20(13-4-5-13)16(21)15-8-17-7-14(15)12-6-18-19(2)9-12/h6,9,11,13-15,17H,4-5,7-8,10H2,1-3H3/t11?,14-,15+/m1/s1. The van der Waals surface area contributed by atoms with Gasteiger partial charge in [0.1, 0.15) is 9.84 Å². The van der Waals surface area contributed by atoms with E-state index in [2.05, 4.69) is 10.4 Å². The highest BCUT2D eigenvalue weighted by molar-refractivity contribution is 7.90. The molecule has 0 spiro atoms. The number of sulfone groups is 1. The van der Waals surface area contributed by atoms with Gasteiger partial charge in [-0.2, -0.15) is 5.10 Å². The molecule has 0 bridgehead atoms. The summed E-state index contributed by atoms with van der Waals surface area (Å²) in [6.07, 6.45) is 6.95. The lowest BCUT2D eigenvalue weighted by Gasteiger charge is -2.32. The van der Waals surface area contributed by atoms with Crippen LogP contribution >= 0.6 is 0 Å². The Morgan fingerprint density at radius 3 is 2.71 bits per heavy atom. The maximum absolute atomic E-state index is 13.2. The maximum atomic E-state index is 13.2. The minimum Gasteiger partial charge on any atom is -0.336 e. The van der Waals surface area contributed by atoms with Crippen LogP contribution in [0.3, 0.4) is 0 Å². The predicted octanol–water partition coefficient (Wildman–Crippen LogP) is 0.147. The Kier molecular flexibility index (Phi) is 4.70. The van der Waals surface area contributed by atoms with Gasteiger partial charge in [-0.3, -0.25) is 9.48 Å². The van der Waals surface area contributed by atoms with Gasteiger partial charge >= 0.3 is 0 Å². The van der Waals surface area contributed by atoms with Crippen LogP contribution in [-0.2, 0) is 21.7 Å². The average Bonchev–Trinajstić information content (AvgIpc) is 2.99. The van der Waals surface area contributed by atoms with E-state index in [0.29, 0.717) is 6.54 Å². The number of nitrogens with one attached hydrogen (secondary N) is 1. The molecular formula is C16H26N4O3S. The molecular weight excluding hydrogens is 328 g/mol. The van der Waals surface area contributed by atoms with Crippen LogP contribution in [0, 0.1) is 5.92 Å². The van der Waals surface area contributed by atoms with Crippen molar-refractivity contribution in [2.24, 2.45) is 13.0 Å². The molecule has 134 valence electrons. The third-order valence-corrected chi connectivity index (χ3v) is 5.99. The zero-order chi connectivity index (χ0) is 17.5. The van der Waals surface area contributed by atoms with E-state index >= 15 is 0 Å². The van der Waals surface area contributed by atoms with Crippen molar-refractivity contribution in [3.05, 3.63) is 18.0 Å². The van der Waals surface area contributed by atoms with Crippen LogP contribution in [0.25, 0.3) is 0 Å². The van der Waals surface area contributed by atoms with Gasteiger partial charge in [0.2, 0.25) is 5.91 Å². The van der Waals surface area contributed by atoms with Crippen LogP contribution in [0.5, 0.6) is 0 Å². The number of aromatic nitrogens is 2. The van der Waals surface area contributed by atoms with E-state index in [1.807, 2.05) is 31.3 Å². The lowest BCUT2D eigenvalue weighted by atomic mass is 9.89. The third-order valence-electron chi connectivity index (χ3n) is 4.90. The summed E-state index contributed by atoms with van der Waals surface area (Å²) in [5.41, 5.74) is 1.06. The molecule has 1 saturated carbocycles. The Morgan fingerprint density at radius 1 is 1.46 bits per heavy atom. The van der Waals surface area contributed by atoms with E-state index in [4.69, 9.17) is 0 Å². The molecule has 0 radical (unpaired) electrons. The van der Waals surface area contributed by atoms with Crippen LogP contribution in [-0.4, -0.2) is 66.2 Å². The molecule has 2 aliphatic rings. The number of amides is 1. The monoisotopic (exact) mass is 354 g/mol. The molecule has 3 rings (SSSR count). The highest BCUT2D eigenvalue weighted by atomic mass is 32.2. The van der Waals surface area contributed by atoms with E-state index in [-0.39, 0.29) is 35.6 Å². The number of aryl methyl sites for hydroxylation is 1. The molecule has 1 amide bonds. The molecule has 24 heavy (non-hydrogen) atoms. The number of carbonyl (C=O) groups excluding carboxylic acids is 1. The second kappa shape index (κ2) is 6.48. The smallest absolute Gasteiger partial charge is 0.228 e. The molecule has 1 aliphatic carbocycles. The molecule has 3 atom stereocenters. The fraction of sp³-hybridized carbons (Fsp3) is 0.750. The Balaban J connectivity index is 1.79. The summed E-state index contributed by atoms with van der Waals surface area (Å²) >= 11 is 0. The minimum absolute atomic E-state index is 0.0208. The highest BCUT2D eigenvalue weighted by Gasteiger charge is 2.43. The predicted molar refractivity (Wildman–Crippen MR) is 91.3 cm³/mol. The quantitative estimate of drug-likeness (QED) is 0.786. The Hall–Kier alpha value is -1.41. The largest absolute Gasteiger partial charge is 0.336 e. The van der Waals surface area contributed by atoms with Crippen molar-refractivity contribution in [1.29, 1.82) is 0 Å².